The van der Waals surface area contributed by atoms with Crippen LogP contribution >= 0.6 is 12.2 Å². The van der Waals surface area contributed by atoms with Crippen LogP contribution in [0.15, 0.2) is 24.3 Å². The SMILES string of the molecule is CCCCn1c(=S)n(CN2CCC(OC)CC2)c2ccccc21. The number of likely N-dealkylation sites (tertiary alicyclic amines) is 1. The van der Waals surface area contributed by atoms with Gasteiger partial charge in [0.2, 0.25) is 0 Å². The molecule has 0 amide bonds. The van der Waals surface area contributed by atoms with Crippen molar-refractivity contribution >= 4 is 23.3 Å². The second kappa shape index (κ2) is 7.60. The lowest BCUT2D eigenvalue weighted by molar-refractivity contribution is 0.0321. The van der Waals surface area contributed by atoms with Gasteiger partial charge in [-0.05, 0) is 43.6 Å². The molecule has 0 spiro atoms. The van der Waals surface area contributed by atoms with E-state index >= 15 is 0 Å². The summed E-state index contributed by atoms with van der Waals surface area (Å²) in [6.07, 6.45) is 4.99. The molecule has 0 atom stereocenters. The van der Waals surface area contributed by atoms with Crippen LogP contribution in [-0.2, 0) is 18.0 Å². The molecule has 2 aromatic rings. The number of hydrogen-bond donors (Lipinski definition) is 0. The summed E-state index contributed by atoms with van der Waals surface area (Å²) in [6, 6.07) is 8.59. The minimum atomic E-state index is 0.421. The summed E-state index contributed by atoms with van der Waals surface area (Å²) in [5.41, 5.74) is 2.51. The van der Waals surface area contributed by atoms with Crippen LogP contribution < -0.4 is 0 Å². The lowest BCUT2D eigenvalue weighted by Gasteiger charge is -2.31. The van der Waals surface area contributed by atoms with Gasteiger partial charge in [-0.25, -0.2) is 0 Å². The van der Waals surface area contributed by atoms with E-state index in [-0.39, 0.29) is 0 Å². The molecule has 0 unspecified atom stereocenters. The van der Waals surface area contributed by atoms with Crippen molar-refractivity contribution in [3.63, 3.8) is 0 Å². The number of methoxy groups -OCH3 is 1. The highest BCUT2D eigenvalue weighted by atomic mass is 32.1. The molecule has 0 saturated carbocycles. The van der Waals surface area contributed by atoms with E-state index in [1.54, 1.807) is 0 Å². The standard InChI is InChI=1S/C18H27N3OS/c1-3-4-11-20-16-7-5-6-8-17(16)21(18(20)23)14-19-12-9-15(22-2)10-13-19/h5-8,15H,3-4,9-14H2,1-2H3. The monoisotopic (exact) mass is 333 g/mol. The van der Waals surface area contributed by atoms with Crippen LogP contribution in [-0.4, -0.2) is 40.3 Å². The molecule has 0 N–H and O–H groups in total. The third-order valence-electron chi connectivity index (χ3n) is 4.87. The first-order valence-corrected chi connectivity index (χ1v) is 9.08. The summed E-state index contributed by atoms with van der Waals surface area (Å²) in [5.74, 6) is 0. The number of benzene rings is 1. The molecular formula is C18H27N3OS. The van der Waals surface area contributed by atoms with Gasteiger partial charge in [0, 0.05) is 26.7 Å². The highest BCUT2D eigenvalue weighted by Crippen LogP contribution is 2.21. The number of para-hydroxylation sites is 2. The van der Waals surface area contributed by atoms with Gasteiger partial charge in [-0.15, -0.1) is 0 Å². The van der Waals surface area contributed by atoms with Crippen LogP contribution in [0.25, 0.3) is 11.0 Å². The molecule has 1 saturated heterocycles. The Balaban J connectivity index is 1.86. The number of fused-ring (bicyclic) bond motifs is 1. The summed E-state index contributed by atoms with van der Waals surface area (Å²) < 4.78 is 11.0. The van der Waals surface area contributed by atoms with E-state index < -0.39 is 0 Å². The maximum Gasteiger partial charge on any atom is 0.181 e. The number of aryl methyl sites for hydroxylation is 1. The van der Waals surface area contributed by atoms with Crippen LogP contribution in [0.3, 0.4) is 0 Å². The molecule has 2 heterocycles. The highest BCUT2D eigenvalue weighted by molar-refractivity contribution is 7.71. The Kier molecular flexibility index (Phi) is 5.51. The van der Waals surface area contributed by atoms with Crippen molar-refractivity contribution in [2.75, 3.05) is 20.2 Å². The zero-order valence-corrected chi connectivity index (χ0v) is 15.0. The molecule has 1 aliphatic heterocycles. The third-order valence-corrected chi connectivity index (χ3v) is 5.31. The van der Waals surface area contributed by atoms with E-state index in [2.05, 4.69) is 45.2 Å². The summed E-state index contributed by atoms with van der Waals surface area (Å²) in [7, 11) is 1.82. The number of unbranched alkanes of at least 4 members (excludes halogenated alkanes) is 1. The molecule has 1 aromatic carbocycles. The summed E-state index contributed by atoms with van der Waals surface area (Å²) in [6.45, 7) is 6.27. The largest absolute Gasteiger partial charge is 0.381 e. The Bertz CT molecular complexity index is 698. The van der Waals surface area contributed by atoms with E-state index in [0.29, 0.717) is 6.10 Å². The number of piperidine rings is 1. The van der Waals surface area contributed by atoms with Gasteiger partial charge in [0.05, 0.1) is 23.8 Å². The Morgan fingerprint density at radius 1 is 1.13 bits per heavy atom. The number of imidazole rings is 1. The molecule has 4 nitrogen and oxygen atoms in total. The maximum absolute atomic E-state index is 5.80. The van der Waals surface area contributed by atoms with Crippen molar-refractivity contribution in [3.05, 3.63) is 29.0 Å². The second-order valence-corrected chi connectivity index (χ2v) is 6.76. The quantitative estimate of drug-likeness (QED) is 0.745. The predicted molar refractivity (Wildman–Crippen MR) is 97.3 cm³/mol. The zero-order valence-electron chi connectivity index (χ0n) is 14.2. The molecule has 3 rings (SSSR count). The predicted octanol–water partition coefficient (Wildman–Crippen LogP) is 4.04. The fourth-order valence-electron chi connectivity index (χ4n) is 3.43. The first-order chi connectivity index (χ1) is 11.2. The van der Waals surface area contributed by atoms with Crippen LogP contribution in [0, 0.1) is 4.77 Å². The Labute approximate surface area is 143 Å². The number of nitrogens with zero attached hydrogens (tertiary/aromatic N) is 3. The van der Waals surface area contributed by atoms with E-state index in [4.69, 9.17) is 17.0 Å². The third kappa shape index (κ3) is 3.52. The topological polar surface area (TPSA) is 22.3 Å². The lowest BCUT2D eigenvalue weighted by Crippen LogP contribution is -2.37. The molecule has 0 radical (unpaired) electrons. The van der Waals surface area contributed by atoms with Gasteiger partial charge in [-0.2, -0.15) is 0 Å². The zero-order chi connectivity index (χ0) is 16.2. The van der Waals surface area contributed by atoms with E-state index in [9.17, 15) is 0 Å². The molecular weight excluding hydrogens is 306 g/mol. The average Bonchev–Trinajstić information content (AvgIpc) is 2.86. The minimum absolute atomic E-state index is 0.421. The Hall–Kier alpha value is -1.17. The van der Waals surface area contributed by atoms with Crippen LogP contribution in [0.5, 0.6) is 0 Å². The van der Waals surface area contributed by atoms with Crippen molar-refractivity contribution < 1.29 is 4.74 Å². The van der Waals surface area contributed by atoms with Gasteiger partial charge < -0.3 is 13.9 Å². The summed E-state index contributed by atoms with van der Waals surface area (Å²) >= 11 is 5.80. The van der Waals surface area contributed by atoms with Gasteiger partial charge in [-0.3, -0.25) is 4.90 Å². The first-order valence-electron chi connectivity index (χ1n) is 8.67. The average molecular weight is 334 g/mol. The molecule has 0 bridgehead atoms. The van der Waals surface area contributed by atoms with Crippen molar-refractivity contribution in [1.82, 2.24) is 14.0 Å². The molecule has 1 aromatic heterocycles. The number of ether oxygens (including phenoxy) is 1. The van der Waals surface area contributed by atoms with Crippen LogP contribution in [0.4, 0.5) is 0 Å². The molecule has 5 heteroatoms. The van der Waals surface area contributed by atoms with Crippen molar-refractivity contribution in [2.45, 2.75) is 51.9 Å². The first kappa shape index (κ1) is 16.7. The van der Waals surface area contributed by atoms with Crippen molar-refractivity contribution in [3.8, 4) is 0 Å². The maximum atomic E-state index is 5.80. The smallest absolute Gasteiger partial charge is 0.181 e. The molecule has 0 aliphatic carbocycles. The van der Waals surface area contributed by atoms with Gasteiger partial charge in [0.25, 0.3) is 0 Å². The fourth-order valence-corrected chi connectivity index (χ4v) is 3.77. The lowest BCUT2D eigenvalue weighted by atomic mass is 10.1. The minimum Gasteiger partial charge on any atom is -0.381 e. The number of rotatable bonds is 6. The molecule has 126 valence electrons. The Morgan fingerprint density at radius 2 is 1.78 bits per heavy atom. The van der Waals surface area contributed by atoms with Crippen molar-refractivity contribution in [2.24, 2.45) is 0 Å². The summed E-state index contributed by atoms with van der Waals surface area (Å²) in [5, 5.41) is 0. The van der Waals surface area contributed by atoms with E-state index in [0.717, 1.165) is 43.9 Å². The van der Waals surface area contributed by atoms with E-state index in [1.165, 1.54) is 23.9 Å². The second-order valence-electron chi connectivity index (χ2n) is 6.40. The molecule has 1 fully saturated rings. The number of hydrogen-bond acceptors (Lipinski definition) is 3. The molecule has 1 aliphatic rings. The Morgan fingerprint density at radius 3 is 2.39 bits per heavy atom. The highest BCUT2D eigenvalue weighted by Gasteiger charge is 2.20. The van der Waals surface area contributed by atoms with Crippen molar-refractivity contribution in [1.29, 1.82) is 0 Å². The van der Waals surface area contributed by atoms with Gasteiger partial charge in [0.1, 0.15) is 0 Å². The fraction of sp³-hybridized carbons (Fsp3) is 0.611. The van der Waals surface area contributed by atoms with Crippen LogP contribution in [0.1, 0.15) is 32.6 Å². The van der Waals surface area contributed by atoms with E-state index in [1.807, 2.05) is 7.11 Å². The van der Waals surface area contributed by atoms with Gasteiger partial charge in [-0.1, -0.05) is 25.5 Å². The normalized spacial score (nSPS) is 17.1. The summed E-state index contributed by atoms with van der Waals surface area (Å²) in [4.78, 5) is 2.49. The number of aromatic nitrogens is 2. The van der Waals surface area contributed by atoms with Crippen LogP contribution in [0.2, 0.25) is 0 Å². The van der Waals surface area contributed by atoms with Gasteiger partial charge >= 0.3 is 0 Å². The van der Waals surface area contributed by atoms with Gasteiger partial charge in [0.15, 0.2) is 4.77 Å². The molecule has 23 heavy (non-hydrogen) atoms.